The highest BCUT2D eigenvalue weighted by atomic mass is 16.6. The molecule has 1 saturated heterocycles. The molecule has 1 aromatic rings. The van der Waals surface area contributed by atoms with Gasteiger partial charge in [0.2, 0.25) is 0 Å². The minimum absolute atomic E-state index is 0.153. The van der Waals surface area contributed by atoms with Crippen molar-refractivity contribution in [2.75, 3.05) is 12.3 Å². The van der Waals surface area contributed by atoms with Crippen LogP contribution in [0.1, 0.15) is 25.1 Å². The van der Waals surface area contributed by atoms with Crippen LogP contribution < -0.4 is 11.4 Å². The molecule has 1 aromatic heterocycles. The number of rotatable bonds is 2. The molecule has 0 amide bonds. The number of nitrogens with zero attached hydrogens (tertiary/aromatic N) is 2. The molecule has 2 fully saturated rings. The number of ether oxygens (including phenoxy) is 1. The predicted octanol–water partition coefficient (Wildman–Crippen LogP) is -0.589. The maximum Gasteiger partial charge on any atom is 0.351 e. The Labute approximate surface area is 116 Å². The molecule has 0 aromatic carbocycles. The fourth-order valence-electron chi connectivity index (χ4n) is 3.54. The van der Waals surface area contributed by atoms with E-state index in [0.717, 1.165) is 0 Å². The lowest BCUT2D eigenvalue weighted by Crippen LogP contribution is -2.41. The van der Waals surface area contributed by atoms with Gasteiger partial charge in [0.15, 0.2) is 0 Å². The van der Waals surface area contributed by atoms with Gasteiger partial charge in [0.25, 0.3) is 0 Å². The number of aliphatic hydroxyl groups excluding tert-OH is 2. The maximum atomic E-state index is 12.0. The molecule has 20 heavy (non-hydrogen) atoms. The summed E-state index contributed by atoms with van der Waals surface area (Å²) in [5, 5.41) is 19.9. The second kappa shape index (κ2) is 4.28. The summed E-state index contributed by atoms with van der Waals surface area (Å²) in [6.45, 7) is 3.48. The van der Waals surface area contributed by atoms with Crippen LogP contribution in [0.5, 0.6) is 0 Å². The third-order valence-electron chi connectivity index (χ3n) is 4.63. The third-order valence-corrected chi connectivity index (χ3v) is 4.63. The van der Waals surface area contributed by atoms with E-state index < -0.39 is 23.6 Å². The molecule has 2 heterocycles. The number of nitrogens with two attached hydrogens (primary N) is 1. The maximum absolute atomic E-state index is 12.0. The van der Waals surface area contributed by atoms with E-state index >= 15 is 0 Å². The van der Waals surface area contributed by atoms with Crippen LogP contribution in [0.3, 0.4) is 0 Å². The Morgan fingerprint density at radius 3 is 2.95 bits per heavy atom. The summed E-state index contributed by atoms with van der Waals surface area (Å²) < 4.78 is 7.19. The van der Waals surface area contributed by atoms with Crippen LogP contribution in [0.15, 0.2) is 11.0 Å². The molecule has 110 valence electrons. The summed E-state index contributed by atoms with van der Waals surface area (Å²) >= 11 is 0. The van der Waals surface area contributed by atoms with E-state index in [4.69, 9.17) is 10.5 Å². The molecule has 0 radical (unpaired) electrons. The minimum atomic E-state index is -0.969. The first-order chi connectivity index (χ1) is 9.39. The molecule has 5 atom stereocenters. The number of anilines is 1. The van der Waals surface area contributed by atoms with Crippen molar-refractivity contribution in [1.82, 2.24) is 9.55 Å². The van der Waals surface area contributed by atoms with E-state index in [1.54, 1.807) is 13.1 Å². The molecule has 1 aliphatic carbocycles. The van der Waals surface area contributed by atoms with Crippen LogP contribution >= 0.6 is 0 Å². The van der Waals surface area contributed by atoms with Crippen molar-refractivity contribution < 1.29 is 14.9 Å². The van der Waals surface area contributed by atoms with Gasteiger partial charge in [0.1, 0.15) is 17.6 Å². The van der Waals surface area contributed by atoms with E-state index in [0.29, 0.717) is 12.0 Å². The number of fused-ring (bicyclic) bond motifs is 2. The number of aliphatic hydroxyl groups is 2. The summed E-state index contributed by atoms with van der Waals surface area (Å²) in [6, 6.07) is 0. The molecule has 1 aliphatic heterocycles. The van der Waals surface area contributed by atoms with Crippen LogP contribution in [0.4, 0.5) is 5.82 Å². The first-order valence-electron chi connectivity index (χ1n) is 6.71. The summed E-state index contributed by atoms with van der Waals surface area (Å²) in [7, 11) is 0. The van der Waals surface area contributed by atoms with E-state index in [1.807, 2.05) is 6.92 Å². The molecule has 2 aliphatic rings. The van der Waals surface area contributed by atoms with Crippen molar-refractivity contribution in [3.8, 4) is 0 Å². The summed E-state index contributed by atoms with van der Waals surface area (Å²) in [5.74, 6) is 0.116. The summed E-state index contributed by atoms with van der Waals surface area (Å²) in [6.07, 6.45) is 0.792. The zero-order valence-corrected chi connectivity index (χ0v) is 11.5. The van der Waals surface area contributed by atoms with Crippen LogP contribution in [0.25, 0.3) is 0 Å². The number of aromatic nitrogens is 2. The van der Waals surface area contributed by atoms with E-state index in [1.165, 1.54) is 4.57 Å². The average Bonchev–Trinajstić information content (AvgIpc) is 2.81. The predicted molar refractivity (Wildman–Crippen MR) is 70.9 cm³/mol. The van der Waals surface area contributed by atoms with Gasteiger partial charge in [0.05, 0.1) is 12.7 Å². The van der Waals surface area contributed by atoms with Crippen molar-refractivity contribution in [3.05, 3.63) is 22.2 Å². The lowest BCUT2D eigenvalue weighted by Gasteiger charge is -2.33. The van der Waals surface area contributed by atoms with Crippen molar-refractivity contribution in [1.29, 1.82) is 0 Å². The fraction of sp³-hybridized carbons (Fsp3) is 0.692. The first-order valence-corrected chi connectivity index (χ1v) is 6.71. The van der Waals surface area contributed by atoms with Gasteiger partial charge in [-0.3, -0.25) is 4.57 Å². The fourth-order valence-corrected chi connectivity index (χ4v) is 3.54. The molecule has 0 unspecified atom stereocenters. The van der Waals surface area contributed by atoms with E-state index in [-0.39, 0.29) is 24.3 Å². The zero-order valence-electron chi connectivity index (χ0n) is 11.5. The van der Waals surface area contributed by atoms with Gasteiger partial charge >= 0.3 is 5.69 Å². The Bertz CT molecular complexity index is 602. The molecular weight excluding hydrogens is 262 g/mol. The Morgan fingerprint density at radius 1 is 1.65 bits per heavy atom. The topological polar surface area (TPSA) is 111 Å². The third kappa shape index (κ3) is 1.63. The second-order valence-electron chi connectivity index (χ2n) is 5.93. The van der Waals surface area contributed by atoms with Crippen LogP contribution in [-0.2, 0) is 4.74 Å². The lowest BCUT2D eigenvalue weighted by molar-refractivity contribution is -0.149. The summed E-state index contributed by atoms with van der Waals surface area (Å²) in [5.41, 5.74) is 4.82. The van der Waals surface area contributed by atoms with E-state index in [9.17, 15) is 15.0 Å². The number of nitrogen functional groups attached to an aromatic ring is 1. The standard InChI is InChI=1S/C13H19N3O4/c1-6-3-13(5-17)9(18)8(6)11(20-13)16-4-7(2)10(14)15-12(16)19/h4,6,8-9,11,17-18H,3,5H2,1-2H3,(H2,14,15,19)/t6-,8-,9+,11-,13-/m1/s1. The van der Waals surface area contributed by atoms with Gasteiger partial charge in [-0.15, -0.1) is 0 Å². The van der Waals surface area contributed by atoms with Crippen molar-refractivity contribution in [2.24, 2.45) is 11.8 Å². The Balaban J connectivity index is 2.05. The first kappa shape index (κ1) is 13.5. The lowest BCUT2D eigenvalue weighted by atomic mass is 9.95. The summed E-state index contributed by atoms with van der Waals surface area (Å²) in [4.78, 5) is 15.8. The molecule has 7 heteroatoms. The minimum Gasteiger partial charge on any atom is -0.393 e. The second-order valence-corrected chi connectivity index (χ2v) is 5.93. The van der Waals surface area contributed by atoms with Crippen LogP contribution in [-0.4, -0.2) is 38.1 Å². The molecule has 2 bridgehead atoms. The van der Waals surface area contributed by atoms with E-state index in [2.05, 4.69) is 4.98 Å². The molecule has 0 spiro atoms. The number of hydrogen-bond donors (Lipinski definition) is 3. The SMILES string of the molecule is Cc1cn([C@@H]2O[C@@]3(CO)C[C@@H](C)[C@@H]2[C@@H]3O)c(=O)nc1N. The molecular formula is C13H19N3O4. The quantitative estimate of drug-likeness (QED) is 0.668. The smallest absolute Gasteiger partial charge is 0.351 e. The Hall–Kier alpha value is -1.44. The largest absolute Gasteiger partial charge is 0.393 e. The van der Waals surface area contributed by atoms with Crippen molar-refractivity contribution in [3.63, 3.8) is 0 Å². The van der Waals surface area contributed by atoms with Gasteiger partial charge in [-0.05, 0) is 19.3 Å². The molecule has 3 rings (SSSR count). The van der Waals surface area contributed by atoms with Gasteiger partial charge in [-0.1, -0.05) is 6.92 Å². The molecule has 7 nitrogen and oxygen atoms in total. The Kier molecular flexibility index (Phi) is 2.89. The van der Waals surface area contributed by atoms with Gasteiger partial charge < -0.3 is 20.7 Å². The Morgan fingerprint density at radius 2 is 2.35 bits per heavy atom. The monoisotopic (exact) mass is 281 g/mol. The van der Waals surface area contributed by atoms with Crippen molar-refractivity contribution >= 4 is 5.82 Å². The van der Waals surface area contributed by atoms with Crippen LogP contribution in [0, 0.1) is 18.8 Å². The van der Waals surface area contributed by atoms with Crippen LogP contribution in [0.2, 0.25) is 0 Å². The zero-order chi connectivity index (χ0) is 14.7. The van der Waals surface area contributed by atoms with Gasteiger partial charge in [0, 0.05) is 17.7 Å². The number of aryl methyl sites for hydroxylation is 1. The average molecular weight is 281 g/mol. The molecule has 4 N–H and O–H groups in total. The van der Waals surface area contributed by atoms with Gasteiger partial charge in [-0.25, -0.2) is 4.79 Å². The highest BCUT2D eigenvalue weighted by Gasteiger charge is 2.63. The molecule has 1 saturated carbocycles. The number of hydrogen-bond acceptors (Lipinski definition) is 6. The highest BCUT2D eigenvalue weighted by molar-refractivity contribution is 5.35. The normalized spacial score (nSPS) is 39.4. The highest BCUT2D eigenvalue weighted by Crippen LogP contribution is 2.54. The van der Waals surface area contributed by atoms with Crippen molar-refractivity contribution in [2.45, 2.75) is 38.2 Å². The van der Waals surface area contributed by atoms with Gasteiger partial charge in [-0.2, -0.15) is 4.98 Å².